The minimum Gasteiger partial charge on any atom is -0.307 e. The van der Waals surface area contributed by atoms with E-state index in [9.17, 15) is 22.4 Å². The molecular weight excluding hydrogens is 382 g/mol. The highest BCUT2D eigenvalue weighted by molar-refractivity contribution is 8.16. The van der Waals surface area contributed by atoms with Crippen LogP contribution in [-0.4, -0.2) is 27.2 Å². The zero-order chi connectivity index (χ0) is 20.8. The quantitative estimate of drug-likeness (QED) is 0.738. The number of alkyl halides is 4. The molecule has 1 aromatic rings. The van der Waals surface area contributed by atoms with Gasteiger partial charge in [0.1, 0.15) is 16.1 Å². The molecule has 1 aromatic carbocycles. The topological polar surface area (TPSA) is 67.5 Å². The average molecular weight is 405 g/mol. The first-order valence-corrected chi connectivity index (χ1v) is 9.15. The first-order chi connectivity index (χ1) is 12.1. The molecule has 0 aromatic heterocycles. The largest absolute Gasteiger partial charge is 0.416 e. The summed E-state index contributed by atoms with van der Waals surface area (Å²) in [6.45, 7) is 7.03. The summed E-state index contributed by atoms with van der Waals surface area (Å²) in [4.78, 5) is 16.5. The minimum atomic E-state index is -4.53. The van der Waals surface area contributed by atoms with Crippen LogP contribution in [0, 0.1) is 0 Å². The zero-order valence-corrected chi connectivity index (χ0v) is 16.6. The monoisotopic (exact) mass is 405 g/mol. The number of nitrogens with one attached hydrogen (secondary N) is 1. The molecule has 0 radical (unpaired) electrons. The van der Waals surface area contributed by atoms with Gasteiger partial charge in [-0.15, -0.1) is 0 Å². The Morgan fingerprint density at radius 3 is 2.22 bits per heavy atom. The number of thioether (sulfide) groups is 1. The predicted octanol–water partition coefficient (Wildman–Crippen LogP) is 4.21. The van der Waals surface area contributed by atoms with Gasteiger partial charge < -0.3 is 11.1 Å². The van der Waals surface area contributed by atoms with Crippen molar-refractivity contribution in [1.29, 1.82) is 0 Å². The average Bonchev–Trinajstić information content (AvgIpc) is 2.80. The van der Waals surface area contributed by atoms with Gasteiger partial charge in [0.2, 0.25) is 5.91 Å². The highest BCUT2D eigenvalue weighted by Gasteiger charge is 2.54. The fourth-order valence-electron chi connectivity index (χ4n) is 2.69. The second-order valence-electron chi connectivity index (χ2n) is 7.51. The fraction of sp³-hybridized carbons (Fsp3) is 0.556. The van der Waals surface area contributed by atoms with Gasteiger partial charge in [0.25, 0.3) is 0 Å². The summed E-state index contributed by atoms with van der Waals surface area (Å²) < 4.78 is 53.0. The molecule has 27 heavy (non-hydrogen) atoms. The summed E-state index contributed by atoms with van der Waals surface area (Å²) in [5, 5.41) is 2.58. The number of aliphatic imine (C=N–C) groups is 1. The van der Waals surface area contributed by atoms with E-state index in [1.54, 1.807) is 0 Å². The van der Waals surface area contributed by atoms with Crippen molar-refractivity contribution in [2.75, 3.05) is 0 Å². The maximum Gasteiger partial charge on any atom is 0.416 e. The number of nitrogens with two attached hydrogens (primary N) is 1. The van der Waals surface area contributed by atoms with Gasteiger partial charge in [-0.25, -0.2) is 9.38 Å². The zero-order valence-electron chi connectivity index (χ0n) is 15.7. The van der Waals surface area contributed by atoms with E-state index in [-0.39, 0.29) is 10.7 Å². The van der Waals surface area contributed by atoms with Crippen LogP contribution in [0.2, 0.25) is 0 Å². The maximum atomic E-state index is 14.4. The van der Waals surface area contributed by atoms with Crippen LogP contribution in [0.25, 0.3) is 0 Å². The number of amides is 1. The first-order valence-electron chi connectivity index (χ1n) is 8.34. The second-order valence-corrected chi connectivity index (χ2v) is 8.92. The molecule has 1 fully saturated rings. The van der Waals surface area contributed by atoms with E-state index in [0.29, 0.717) is 0 Å². The summed E-state index contributed by atoms with van der Waals surface area (Å²) in [7, 11) is 0. The van der Waals surface area contributed by atoms with Crippen LogP contribution < -0.4 is 11.1 Å². The summed E-state index contributed by atoms with van der Waals surface area (Å²) >= 11 is 0.889. The summed E-state index contributed by atoms with van der Waals surface area (Å²) in [5.74, 6) is -1.37. The normalized spacial score (nSPS) is 26.0. The van der Waals surface area contributed by atoms with E-state index >= 15 is 0 Å². The maximum absolute atomic E-state index is 14.4. The van der Waals surface area contributed by atoms with Gasteiger partial charge in [0.15, 0.2) is 5.17 Å². The third-order valence-corrected chi connectivity index (χ3v) is 6.51. The van der Waals surface area contributed by atoms with Crippen LogP contribution in [0.4, 0.5) is 17.6 Å². The van der Waals surface area contributed by atoms with Crippen molar-refractivity contribution in [3.05, 3.63) is 35.4 Å². The fourth-order valence-corrected chi connectivity index (χ4v) is 3.85. The van der Waals surface area contributed by atoms with Crippen molar-refractivity contribution in [3.63, 3.8) is 0 Å². The standard InChI is InChI=1S/C18H23F4N3OS/c1-10(11-8-6-7-9-12(11)18(20,21)22)17(5,23)25-14-24-13(26)16(4,27-14)15(2,3)19/h6-10H,23H2,1-5H3,(H,24,25,26)/t10-,16-,17-/m0/s1. The van der Waals surface area contributed by atoms with Crippen LogP contribution in [0.1, 0.15) is 51.7 Å². The van der Waals surface area contributed by atoms with Crippen molar-refractivity contribution in [1.82, 2.24) is 5.32 Å². The molecule has 0 unspecified atom stereocenters. The number of amidine groups is 1. The Balaban J connectivity index is 2.38. The van der Waals surface area contributed by atoms with Crippen LogP contribution in [-0.2, 0) is 11.0 Å². The molecule has 4 nitrogen and oxygen atoms in total. The van der Waals surface area contributed by atoms with Crippen molar-refractivity contribution < 1.29 is 22.4 Å². The van der Waals surface area contributed by atoms with Crippen LogP contribution >= 0.6 is 11.8 Å². The molecule has 2 rings (SSSR count). The van der Waals surface area contributed by atoms with E-state index in [0.717, 1.165) is 17.8 Å². The molecule has 0 aliphatic carbocycles. The van der Waals surface area contributed by atoms with E-state index in [1.807, 2.05) is 0 Å². The Bertz CT molecular complexity index is 771. The SMILES string of the molecule is C[C@@H](c1ccccc1C(F)(F)F)[C@@](C)(N)/N=C1/NC(=O)[C@@](C)(C(C)(C)F)S1. The molecule has 3 atom stereocenters. The first kappa shape index (κ1) is 21.7. The van der Waals surface area contributed by atoms with Crippen molar-refractivity contribution in [2.24, 2.45) is 10.7 Å². The van der Waals surface area contributed by atoms with E-state index in [1.165, 1.54) is 52.8 Å². The Morgan fingerprint density at radius 2 is 1.74 bits per heavy atom. The Hall–Kier alpha value is -1.61. The van der Waals surface area contributed by atoms with E-state index in [2.05, 4.69) is 10.3 Å². The molecule has 0 spiro atoms. The molecule has 3 N–H and O–H groups in total. The van der Waals surface area contributed by atoms with Gasteiger partial charge >= 0.3 is 6.18 Å². The van der Waals surface area contributed by atoms with E-state index < -0.39 is 39.6 Å². The van der Waals surface area contributed by atoms with Gasteiger partial charge in [-0.1, -0.05) is 36.9 Å². The lowest BCUT2D eigenvalue weighted by Crippen LogP contribution is -2.48. The number of carbonyl (C=O) groups is 1. The van der Waals surface area contributed by atoms with Crippen LogP contribution in [0.3, 0.4) is 0 Å². The molecule has 1 heterocycles. The summed E-state index contributed by atoms with van der Waals surface area (Å²) in [6.07, 6.45) is -4.53. The number of hydrogen-bond acceptors (Lipinski definition) is 4. The molecule has 1 aliphatic heterocycles. The van der Waals surface area contributed by atoms with Crippen molar-refractivity contribution >= 4 is 22.8 Å². The molecule has 1 amide bonds. The predicted molar refractivity (Wildman–Crippen MR) is 99.2 cm³/mol. The molecule has 0 saturated carbocycles. The number of benzene rings is 1. The van der Waals surface area contributed by atoms with Crippen molar-refractivity contribution in [3.8, 4) is 0 Å². The highest BCUT2D eigenvalue weighted by atomic mass is 32.2. The highest BCUT2D eigenvalue weighted by Crippen LogP contribution is 2.44. The molecule has 150 valence electrons. The number of nitrogens with zero attached hydrogens (tertiary/aromatic N) is 1. The van der Waals surface area contributed by atoms with E-state index in [4.69, 9.17) is 5.73 Å². The second kappa shape index (κ2) is 6.77. The summed E-state index contributed by atoms with van der Waals surface area (Å²) in [6, 6.07) is 5.15. The minimum absolute atomic E-state index is 0.00209. The lowest BCUT2D eigenvalue weighted by Gasteiger charge is -2.31. The van der Waals surface area contributed by atoms with Gasteiger partial charge in [-0.2, -0.15) is 13.2 Å². The summed E-state index contributed by atoms with van der Waals surface area (Å²) in [5.41, 5.74) is 2.14. The third kappa shape index (κ3) is 4.13. The molecule has 1 saturated heterocycles. The lowest BCUT2D eigenvalue weighted by molar-refractivity contribution is -0.138. The van der Waals surface area contributed by atoms with Gasteiger partial charge in [-0.3, -0.25) is 4.79 Å². The Labute approximate surface area is 160 Å². The van der Waals surface area contributed by atoms with Gasteiger partial charge in [0.05, 0.1) is 5.56 Å². The Kier molecular flexibility index (Phi) is 5.44. The number of halogens is 4. The lowest BCUT2D eigenvalue weighted by atomic mass is 9.86. The van der Waals surface area contributed by atoms with Crippen molar-refractivity contribution in [2.45, 2.75) is 62.8 Å². The number of carbonyl (C=O) groups excluding carboxylic acids is 1. The number of hydrogen-bond donors (Lipinski definition) is 2. The van der Waals surface area contributed by atoms with Gasteiger partial charge in [-0.05, 0) is 39.3 Å². The van der Waals surface area contributed by atoms with Gasteiger partial charge in [0, 0.05) is 5.92 Å². The smallest absolute Gasteiger partial charge is 0.307 e. The molecule has 9 heteroatoms. The number of rotatable bonds is 4. The van der Waals surface area contributed by atoms with Crippen LogP contribution in [0.5, 0.6) is 0 Å². The molecule has 0 bridgehead atoms. The molecular formula is C18H23F4N3OS. The molecule has 1 aliphatic rings. The van der Waals surface area contributed by atoms with Crippen LogP contribution in [0.15, 0.2) is 29.3 Å². The Morgan fingerprint density at radius 1 is 1.19 bits per heavy atom. The third-order valence-electron chi connectivity index (χ3n) is 5.04.